The van der Waals surface area contributed by atoms with E-state index < -0.39 is 18.0 Å². The summed E-state index contributed by atoms with van der Waals surface area (Å²) in [5.41, 5.74) is 0.533. The van der Waals surface area contributed by atoms with E-state index in [9.17, 15) is 19.8 Å². The molecule has 2 rings (SSSR count). The van der Waals surface area contributed by atoms with Gasteiger partial charge in [0.1, 0.15) is 0 Å². The molecule has 0 aliphatic heterocycles. The van der Waals surface area contributed by atoms with Crippen molar-refractivity contribution in [3.63, 3.8) is 0 Å². The second-order valence-corrected chi connectivity index (χ2v) is 5.50. The highest BCUT2D eigenvalue weighted by Crippen LogP contribution is 2.27. The Morgan fingerprint density at radius 2 is 1.95 bits per heavy atom. The Kier molecular flexibility index (Phi) is 4.80. The highest BCUT2D eigenvalue weighted by Gasteiger charge is 2.30. The molecule has 1 aromatic rings. The summed E-state index contributed by atoms with van der Waals surface area (Å²) in [5, 5.41) is 21.0. The monoisotopic (exact) mass is 292 g/mol. The number of carboxylic acid groups (broad SMARTS) is 1. The number of carbonyl (C=O) groups is 2. The van der Waals surface area contributed by atoms with E-state index in [0.29, 0.717) is 24.9 Å². The van der Waals surface area contributed by atoms with Gasteiger partial charge in [0.25, 0.3) is 0 Å². The summed E-state index contributed by atoms with van der Waals surface area (Å²) in [5.74, 6) is -0.808. The van der Waals surface area contributed by atoms with Crippen LogP contribution in [0.3, 0.4) is 0 Å². The maximum atomic E-state index is 12.1. The second kappa shape index (κ2) is 6.58. The number of urea groups is 1. The summed E-state index contributed by atoms with van der Waals surface area (Å²) < 4.78 is 0. The van der Waals surface area contributed by atoms with Crippen molar-refractivity contribution < 1.29 is 19.8 Å². The Labute approximate surface area is 123 Å². The molecular weight excluding hydrogens is 272 g/mol. The molecule has 1 aromatic carbocycles. The third-order valence-corrected chi connectivity index (χ3v) is 3.74. The predicted molar refractivity (Wildman–Crippen MR) is 76.7 cm³/mol. The molecule has 1 unspecified atom stereocenters. The highest BCUT2D eigenvalue weighted by molar-refractivity contribution is 5.83. The summed E-state index contributed by atoms with van der Waals surface area (Å²) in [6, 6.07) is 7.11. The zero-order valence-electron chi connectivity index (χ0n) is 11.9. The average Bonchev–Trinajstić information content (AvgIpc) is 2.43. The number of carbonyl (C=O) groups excluding carboxylic acids is 1. The van der Waals surface area contributed by atoms with Crippen molar-refractivity contribution in [1.82, 2.24) is 10.2 Å². The minimum Gasteiger partial charge on any atom is -0.479 e. The van der Waals surface area contributed by atoms with Crippen LogP contribution in [0.4, 0.5) is 4.79 Å². The predicted octanol–water partition coefficient (Wildman–Crippen LogP) is 1.22. The van der Waals surface area contributed by atoms with Gasteiger partial charge in [0, 0.05) is 13.6 Å². The molecule has 1 aliphatic rings. The lowest BCUT2D eigenvalue weighted by Gasteiger charge is -2.34. The van der Waals surface area contributed by atoms with Gasteiger partial charge in [0.15, 0.2) is 6.04 Å². The Morgan fingerprint density at radius 3 is 2.48 bits per heavy atom. The lowest BCUT2D eigenvalue weighted by molar-refractivity contribution is -0.139. The fraction of sp³-hybridized carbons (Fsp3) is 0.467. The smallest absolute Gasteiger partial charge is 0.330 e. The van der Waals surface area contributed by atoms with E-state index in [-0.39, 0.29) is 12.0 Å². The Balaban J connectivity index is 1.93. The molecule has 0 saturated heterocycles. The fourth-order valence-corrected chi connectivity index (χ4v) is 2.49. The molecule has 3 N–H and O–H groups in total. The van der Waals surface area contributed by atoms with E-state index >= 15 is 0 Å². The van der Waals surface area contributed by atoms with Crippen LogP contribution < -0.4 is 5.32 Å². The lowest BCUT2D eigenvalue weighted by Crippen LogP contribution is -2.46. The van der Waals surface area contributed by atoms with Crippen LogP contribution in [0.25, 0.3) is 0 Å². The molecular formula is C15H20N2O4. The molecule has 0 bridgehead atoms. The largest absolute Gasteiger partial charge is 0.479 e. The number of benzene rings is 1. The molecule has 21 heavy (non-hydrogen) atoms. The number of carboxylic acids is 1. The molecule has 1 atom stereocenters. The lowest BCUT2D eigenvalue weighted by atomic mass is 9.82. The van der Waals surface area contributed by atoms with Crippen molar-refractivity contribution in [2.24, 2.45) is 5.92 Å². The molecule has 6 heteroatoms. The number of nitrogens with zero attached hydrogens (tertiary/aromatic N) is 1. The summed E-state index contributed by atoms with van der Waals surface area (Å²) in [7, 11) is 1.63. The van der Waals surface area contributed by atoms with Gasteiger partial charge in [0.2, 0.25) is 0 Å². The number of amides is 2. The number of hydrogen-bond donors (Lipinski definition) is 3. The van der Waals surface area contributed by atoms with E-state index in [1.165, 1.54) is 4.90 Å². The summed E-state index contributed by atoms with van der Waals surface area (Å²) >= 11 is 0. The van der Waals surface area contributed by atoms with Crippen molar-refractivity contribution in [3.05, 3.63) is 35.9 Å². The van der Waals surface area contributed by atoms with Crippen molar-refractivity contribution in [1.29, 1.82) is 0 Å². The third kappa shape index (κ3) is 3.95. The van der Waals surface area contributed by atoms with Crippen molar-refractivity contribution in [3.8, 4) is 0 Å². The van der Waals surface area contributed by atoms with Gasteiger partial charge < -0.3 is 20.4 Å². The second-order valence-electron chi connectivity index (χ2n) is 5.50. The van der Waals surface area contributed by atoms with Gasteiger partial charge in [-0.15, -0.1) is 0 Å². The average molecular weight is 292 g/mol. The van der Waals surface area contributed by atoms with Crippen molar-refractivity contribution in [2.75, 3.05) is 13.6 Å². The normalized spacial score (nSPS) is 22.0. The molecule has 114 valence electrons. The number of nitrogens with one attached hydrogen (secondary N) is 1. The van der Waals surface area contributed by atoms with Gasteiger partial charge >= 0.3 is 12.0 Å². The van der Waals surface area contributed by atoms with Crippen LogP contribution in [0.5, 0.6) is 0 Å². The molecule has 0 radical (unpaired) electrons. The molecule has 0 spiro atoms. The van der Waals surface area contributed by atoms with E-state index in [2.05, 4.69) is 5.32 Å². The zero-order valence-corrected chi connectivity index (χ0v) is 11.9. The molecule has 2 amide bonds. The molecule has 1 aliphatic carbocycles. The molecule has 6 nitrogen and oxygen atoms in total. The summed E-state index contributed by atoms with van der Waals surface area (Å²) in [6.45, 7) is 0.518. The first kappa shape index (κ1) is 15.3. The quantitative estimate of drug-likeness (QED) is 0.761. The van der Waals surface area contributed by atoms with Gasteiger partial charge in [0.05, 0.1) is 6.10 Å². The fourth-order valence-electron chi connectivity index (χ4n) is 2.49. The topological polar surface area (TPSA) is 89.9 Å². The minimum absolute atomic E-state index is 0.262. The van der Waals surface area contributed by atoms with Crippen molar-refractivity contribution >= 4 is 12.0 Å². The van der Waals surface area contributed by atoms with Gasteiger partial charge in [-0.1, -0.05) is 30.3 Å². The third-order valence-electron chi connectivity index (χ3n) is 3.74. The van der Waals surface area contributed by atoms with Gasteiger partial charge in [-0.3, -0.25) is 0 Å². The van der Waals surface area contributed by atoms with Gasteiger partial charge in [-0.2, -0.15) is 0 Å². The summed E-state index contributed by atoms with van der Waals surface area (Å²) in [4.78, 5) is 24.9. The van der Waals surface area contributed by atoms with Crippen LogP contribution in [0.15, 0.2) is 30.3 Å². The Morgan fingerprint density at radius 1 is 1.33 bits per heavy atom. The molecule has 1 fully saturated rings. The van der Waals surface area contributed by atoms with E-state index in [1.807, 2.05) is 0 Å². The molecule has 1 saturated carbocycles. The minimum atomic E-state index is -1.10. The highest BCUT2D eigenvalue weighted by atomic mass is 16.4. The SMILES string of the molecule is CN(CC1CC(O)C1)C(=O)NC(C(=O)O)c1ccccc1. The van der Waals surface area contributed by atoms with Crippen molar-refractivity contribution in [2.45, 2.75) is 25.0 Å². The van der Waals surface area contributed by atoms with E-state index in [0.717, 1.165) is 0 Å². The van der Waals surface area contributed by atoms with E-state index in [1.54, 1.807) is 37.4 Å². The first-order valence-electron chi connectivity index (χ1n) is 6.95. The maximum Gasteiger partial charge on any atom is 0.330 e. The molecule has 0 aromatic heterocycles. The van der Waals surface area contributed by atoms with Crippen LogP contribution in [0.1, 0.15) is 24.4 Å². The number of hydrogen-bond acceptors (Lipinski definition) is 3. The number of aliphatic hydroxyl groups is 1. The van der Waals surface area contributed by atoms with Crippen LogP contribution >= 0.6 is 0 Å². The number of rotatable bonds is 5. The van der Waals surface area contributed by atoms with Crippen LogP contribution in [-0.4, -0.2) is 46.8 Å². The van der Waals surface area contributed by atoms with Crippen LogP contribution in [-0.2, 0) is 4.79 Å². The van der Waals surface area contributed by atoms with Gasteiger partial charge in [-0.25, -0.2) is 9.59 Å². The van der Waals surface area contributed by atoms with E-state index in [4.69, 9.17) is 0 Å². The number of aliphatic carboxylic acids is 1. The van der Waals surface area contributed by atoms with Crippen LogP contribution in [0, 0.1) is 5.92 Å². The Hall–Kier alpha value is -2.08. The first-order chi connectivity index (χ1) is 9.97. The van der Waals surface area contributed by atoms with Gasteiger partial charge in [-0.05, 0) is 24.3 Å². The van der Waals surface area contributed by atoms with Crippen LogP contribution in [0.2, 0.25) is 0 Å². The summed E-state index contributed by atoms with van der Waals surface area (Å²) in [6.07, 6.45) is 1.12. The molecule has 0 heterocycles. The zero-order chi connectivity index (χ0) is 15.4. The number of aliphatic hydroxyl groups excluding tert-OH is 1. The maximum absolute atomic E-state index is 12.1. The Bertz CT molecular complexity index is 500. The first-order valence-corrected chi connectivity index (χ1v) is 6.95. The standard InChI is InChI=1S/C15H20N2O4/c1-17(9-10-7-12(18)8-10)15(21)16-13(14(19)20)11-5-3-2-4-6-11/h2-6,10,12-13,18H,7-9H2,1H3,(H,16,21)(H,19,20).